The summed E-state index contributed by atoms with van der Waals surface area (Å²) < 4.78 is 28.6. The molecule has 4 aromatic heterocycles. The molecule has 0 atom stereocenters. The van der Waals surface area contributed by atoms with Gasteiger partial charge < -0.3 is 9.67 Å². The van der Waals surface area contributed by atoms with Crippen LogP contribution in [0.5, 0.6) is 0 Å². The standard InChI is InChI=1S/C22H14F2N6.Ni/c1-22(2,18-7-4-8-20(27-18)30-12-11-14(13-25)29-30)17-6-3-5-16(26-17)15-9-10-19(23)28-21(15)24;/h3-8,10-11H,1-2H3;/q-2;+2. The Morgan fingerprint density at radius 3 is 2.39 bits per heavy atom. The number of aromatic nitrogens is 5. The molecule has 0 aliphatic carbocycles. The van der Waals surface area contributed by atoms with Crippen molar-refractivity contribution >= 4 is 0 Å². The summed E-state index contributed by atoms with van der Waals surface area (Å²) in [4.78, 5) is 12.4. The Morgan fingerprint density at radius 2 is 1.71 bits per heavy atom. The molecule has 0 unspecified atom stereocenters. The van der Waals surface area contributed by atoms with Gasteiger partial charge in [-0.2, -0.15) is 0 Å². The molecule has 0 aliphatic rings. The first-order valence-corrected chi connectivity index (χ1v) is 8.96. The monoisotopic (exact) mass is 458 g/mol. The molecular formula is C22H14F2N6Ni. The van der Waals surface area contributed by atoms with Gasteiger partial charge >= 0.3 is 16.5 Å². The third kappa shape index (κ3) is 4.35. The van der Waals surface area contributed by atoms with Crippen LogP contribution in [-0.4, -0.2) is 24.7 Å². The Kier molecular flexibility index (Phi) is 6.23. The number of nitriles is 1. The normalized spacial score (nSPS) is 10.9. The number of pyridine rings is 3. The number of rotatable bonds is 4. The summed E-state index contributed by atoms with van der Waals surface area (Å²) in [7, 11) is 0. The van der Waals surface area contributed by atoms with Gasteiger partial charge in [0.15, 0.2) is 0 Å². The van der Waals surface area contributed by atoms with Gasteiger partial charge in [0, 0.05) is 16.8 Å². The maximum Gasteiger partial charge on any atom is 2.00 e. The molecule has 0 bridgehead atoms. The maximum absolute atomic E-state index is 14.1. The average Bonchev–Trinajstić information content (AvgIpc) is 3.23. The third-order valence-corrected chi connectivity index (χ3v) is 4.63. The van der Waals surface area contributed by atoms with Crippen molar-refractivity contribution in [2.75, 3.05) is 0 Å². The first-order valence-electron chi connectivity index (χ1n) is 8.96. The van der Waals surface area contributed by atoms with E-state index in [1.807, 2.05) is 32.0 Å². The van der Waals surface area contributed by atoms with E-state index in [1.165, 1.54) is 10.7 Å². The zero-order chi connectivity index (χ0) is 21.3. The van der Waals surface area contributed by atoms with E-state index in [0.717, 1.165) is 6.07 Å². The Morgan fingerprint density at radius 1 is 1.00 bits per heavy atom. The van der Waals surface area contributed by atoms with E-state index < -0.39 is 17.3 Å². The topological polar surface area (TPSA) is 80.3 Å². The molecule has 0 aliphatic heterocycles. The van der Waals surface area contributed by atoms with Gasteiger partial charge in [0.05, 0.1) is 17.6 Å². The Bertz CT molecular complexity index is 1280. The van der Waals surface area contributed by atoms with Gasteiger partial charge in [0.25, 0.3) is 0 Å². The first-order chi connectivity index (χ1) is 14.4. The molecule has 9 heteroatoms. The number of hydrogen-bond acceptors (Lipinski definition) is 5. The zero-order valence-corrected chi connectivity index (χ0v) is 17.4. The minimum Gasteiger partial charge on any atom is -0.342 e. The van der Waals surface area contributed by atoms with Crippen molar-refractivity contribution in [1.29, 1.82) is 5.26 Å². The molecule has 4 rings (SSSR count). The van der Waals surface area contributed by atoms with Gasteiger partial charge in [0.2, 0.25) is 0 Å². The fourth-order valence-corrected chi connectivity index (χ4v) is 2.96. The van der Waals surface area contributed by atoms with Crippen LogP contribution in [0.25, 0.3) is 17.1 Å². The predicted octanol–water partition coefficient (Wildman–Crippen LogP) is 3.80. The summed E-state index contributed by atoms with van der Waals surface area (Å²) >= 11 is 0. The minimum atomic E-state index is -0.972. The van der Waals surface area contributed by atoms with Gasteiger partial charge in [0.1, 0.15) is 11.9 Å². The molecule has 4 heterocycles. The van der Waals surface area contributed by atoms with Crippen molar-refractivity contribution in [3.8, 4) is 23.1 Å². The van der Waals surface area contributed by atoms with Crippen LogP contribution >= 0.6 is 0 Å². The van der Waals surface area contributed by atoms with Crippen molar-refractivity contribution in [2.24, 2.45) is 0 Å². The van der Waals surface area contributed by atoms with Crippen LogP contribution in [0.15, 0.2) is 48.5 Å². The summed E-state index contributed by atoms with van der Waals surface area (Å²) in [6, 6.07) is 17.5. The summed E-state index contributed by atoms with van der Waals surface area (Å²) in [5, 5.41) is 13.1. The fraction of sp³-hybridized carbons (Fsp3) is 0.136. The molecule has 0 radical (unpaired) electrons. The van der Waals surface area contributed by atoms with E-state index in [2.05, 4.69) is 32.3 Å². The molecular weight excluding hydrogens is 445 g/mol. The molecule has 0 amide bonds. The zero-order valence-electron chi connectivity index (χ0n) is 16.4. The van der Waals surface area contributed by atoms with E-state index in [4.69, 9.17) is 5.26 Å². The van der Waals surface area contributed by atoms with Gasteiger partial charge in [-0.15, -0.1) is 12.1 Å². The quantitative estimate of drug-likeness (QED) is 0.264. The second-order valence-corrected chi connectivity index (χ2v) is 6.99. The van der Waals surface area contributed by atoms with Gasteiger partial charge in [-0.1, -0.05) is 42.1 Å². The average molecular weight is 459 g/mol. The van der Waals surface area contributed by atoms with E-state index in [1.54, 1.807) is 24.3 Å². The minimum absolute atomic E-state index is 0. The number of hydrogen-bond donors (Lipinski definition) is 0. The van der Waals surface area contributed by atoms with Gasteiger partial charge in [-0.25, -0.2) is 19.1 Å². The fourth-order valence-electron chi connectivity index (χ4n) is 2.96. The molecule has 0 aromatic carbocycles. The van der Waals surface area contributed by atoms with Crippen LogP contribution in [0.1, 0.15) is 30.9 Å². The van der Waals surface area contributed by atoms with Crippen LogP contribution in [0.2, 0.25) is 0 Å². The summed E-state index contributed by atoms with van der Waals surface area (Å²) in [6.45, 7) is 3.86. The molecule has 0 saturated carbocycles. The molecule has 0 saturated heterocycles. The molecule has 31 heavy (non-hydrogen) atoms. The second kappa shape index (κ2) is 8.70. The SMILES string of the molecule is CC(C)(c1cccc(-c2[c-]cc(F)nc2F)n1)c1cccc(-n2[c-]cc(C#N)n2)n1.[Ni+2]. The van der Waals surface area contributed by atoms with E-state index in [0.29, 0.717) is 22.9 Å². The van der Waals surface area contributed by atoms with Crippen molar-refractivity contribution in [3.05, 3.63) is 89.8 Å². The summed E-state index contributed by atoms with van der Waals surface area (Å²) in [5.41, 5.74) is 1.19. The third-order valence-electron chi connectivity index (χ3n) is 4.63. The second-order valence-electron chi connectivity index (χ2n) is 6.99. The summed E-state index contributed by atoms with van der Waals surface area (Å²) in [6.07, 6.45) is 2.85. The van der Waals surface area contributed by atoms with Crippen molar-refractivity contribution in [2.45, 2.75) is 19.3 Å². The largest absolute Gasteiger partial charge is 2.00 e. The van der Waals surface area contributed by atoms with Gasteiger partial charge in [-0.05, 0) is 31.7 Å². The number of nitrogens with zero attached hydrogens (tertiary/aromatic N) is 6. The van der Waals surface area contributed by atoms with Crippen molar-refractivity contribution in [1.82, 2.24) is 24.7 Å². The predicted molar refractivity (Wildman–Crippen MR) is 103 cm³/mol. The van der Waals surface area contributed by atoms with Crippen LogP contribution in [0.4, 0.5) is 8.78 Å². The van der Waals surface area contributed by atoms with Crippen molar-refractivity contribution < 1.29 is 25.3 Å². The molecule has 0 fully saturated rings. The molecule has 156 valence electrons. The van der Waals surface area contributed by atoms with E-state index in [-0.39, 0.29) is 27.7 Å². The molecule has 0 spiro atoms. The molecule has 4 aromatic rings. The first kappa shape index (κ1) is 22.2. The van der Waals surface area contributed by atoms with Crippen LogP contribution < -0.4 is 0 Å². The maximum atomic E-state index is 14.1. The summed E-state index contributed by atoms with van der Waals surface area (Å²) in [5.74, 6) is -1.41. The van der Waals surface area contributed by atoms with Crippen LogP contribution in [0.3, 0.4) is 0 Å². The Balaban J connectivity index is 0.00000272. The van der Waals surface area contributed by atoms with Gasteiger partial charge in [-0.3, -0.25) is 9.97 Å². The molecule has 6 nitrogen and oxygen atoms in total. The molecule has 0 N–H and O–H groups in total. The van der Waals surface area contributed by atoms with Crippen LogP contribution in [-0.2, 0) is 21.9 Å². The van der Waals surface area contributed by atoms with Crippen LogP contribution in [0, 0.1) is 35.5 Å². The number of halogens is 2. The Hall–Kier alpha value is -3.50. The Labute approximate surface area is 187 Å². The smallest absolute Gasteiger partial charge is 0.342 e. The van der Waals surface area contributed by atoms with Crippen molar-refractivity contribution in [3.63, 3.8) is 0 Å². The van der Waals surface area contributed by atoms with E-state index >= 15 is 0 Å². The van der Waals surface area contributed by atoms with E-state index in [9.17, 15) is 8.78 Å².